The van der Waals surface area contributed by atoms with Crippen LogP contribution in [-0.2, 0) is 12.8 Å². The van der Waals surface area contributed by atoms with Crippen LogP contribution >= 0.6 is 11.8 Å². The van der Waals surface area contributed by atoms with E-state index in [9.17, 15) is 0 Å². The standard InChI is InChI=1S/C21H26N2S/c1-3-16-8-6-9-18-19(23-13-11-22(2)12-14-23)15-17-7-4-5-10-20(17)24-21(16)18/h4-10,19H,3,11-15H2,1-2H3/t19-/m0/s1. The smallest absolute Gasteiger partial charge is 0.0401 e. The number of nitrogens with zero attached hydrogens (tertiary/aromatic N) is 2. The van der Waals surface area contributed by atoms with Crippen molar-refractivity contribution in [3.05, 3.63) is 59.2 Å². The van der Waals surface area contributed by atoms with Crippen LogP contribution in [0, 0.1) is 0 Å². The molecule has 0 amide bonds. The van der Waals surface area contributed by atoms with Crippen molar-refractivity contribution in [2.75, 3.05) is 33.2 Å². The maximum absolute atomic E-state index is 2.71. The molecule has 0 bridgehead atoms. The third-order valence-electron chi connectivity index (χ3n) is 5.44. The summed E-state index contributed by atoms with van der Waals surface area (Å²) in [7, 11) is 2.23. The Morgan fingerprint density at radius 3 is 2.58 bits per heavy atom. The van der Waals surface area contributed by atoms with Gasteiger partial charge in [0.05, 0.1) is 0 Å². The maximum atomic E-state index is 2.71. The van der Waals surface area contributed by atoms with Gasteiger partial charge in [0.1, 0.15) is 0 Å². The van der Waals surface area contributed by atoms with Gasteiger partial charge < -0.3 is 4.90 Å². The molecule has 0 aliphatic carbocycles. The molecule has 2 heterocycles. The van der Waals surface area contributed by atoms with Gasteiger partial charge in [-0.3, -0.25) is 4.90 Å². The van der Waals surface area contributed by atoms with Crippen LogP contribution in [0.2, 0.25) is 0 Å². The summed E-state index contributed by atoms with van der Waals surface area (Å²) < 4.78 is 0. The minimum absolute atomic E-state index is 0.511. The molecular weight excluding hydrogens is 312 g/mol. The van der Waals surface area contributed by atoms with E-state index < -0.39 is 0 Å². The van der Waals surface area contributed by atoms with Crippen LogP contribution in [0.4, 0.5) is 0 Å². The second-order valence-electron chi connectivity index (χ2n) is 6.96. The van der Waals surface area contributed by atoms with Crippen LogP contribution < -0.4 is 0 Å². The lowest BCUT2D eigenvalue weighted by molar-refractivity contribution is 0.110. The fraction of sp³-hybridized carbons (Fsp3) is 0.429. The summed E-state index contributed by atoms with van der Waals surface area (Å²) >= 11 is 1.99. The first-order chi connectivity index (χ1) is 11.8. The topological polar surface area (TPSA) is 6.48 Å². The largest absolute Gasteiger partial charge is 0.304 e. The normalized spacial score (nSPS) is 21.8. The van der Waals surface area contributed by atoms with Crippen molar-refractivity contribution >= 4 is 11.8 Å². The Morgan fingerprint density at radius 1 is 1.00 bits per heavy atom. The average Bonchev–Trinajstić information content (AvgIpc) is 2.79. The van der Waals surface area contributed by atoms with Crippen LogP contribution in [-0.4, -0.2) is 43.0 Å². The molecule has 0 aromatic heterocycles. The summed E-state index contributed by atoms with van der Waals surface area (Å²) in [6, 6.07) is 16.4. The molecular formula is C21H26N2S. The van der Waals surface area contributed by atoms with E-state index in [4.69, 9.17) is 0 Å². The molecule has 126 valence electrons. The Hall–Kier alpha value is -1.29. The van der Waals surface area contributed by atoms with E-state index in [0.717, 1.165) is 12.8 Å². The monoisotopic (exact) mass is 338 g/mol. The molecule has 2 aromatic rings. The van der Waals surface area contributed by atoms with Crippen molar-refractivity contribution in [1.82, 2.24) is 9.80 Å². The van der Waals surface area contributed by atoms with Crippen LogP contribution in [0.25, 0.3) is 0 Å². The second kappa shape index (κ2) is 6.91. The Kier molecular flexibility index (Phi) is 4.66. The molecule has 1 fully saturated rings. The van der Waals surface area contributed by atoms with Gasteiger partial charge in [0, 0.05) is 42.0 Å². The number of fused-ring (bicyclic) bond motifs is 2. The highest BCUT2D eigenvalue weighted by atomic mass is 32.2. The van der Waals surface area contributed by atoms with E-state index in [1.54, 1.807) is 5.56 Å². The average molecular weight is 339 g/mol. The van der Waals surface area contributed by atoms with Gasteiger partial charge in [-0.15, -0.1) is 0 Å². The molecule has 0 saturated carbocycles. The molecule has 3 heteroatoms. The van der Waals surface area contributed by atoms with Crippen LogP contribution in [0.15, 0.2) is 52.3 Å². The van der Waals surface area contributed by atoms with E-state index in [1.807, 2.05) is 11.8 Å². The van der Waals surface area contributed by atoms with Gasteiger partial charge in [0.15, 0.2) is 0 Å². The number of hydrogen-bond acceptors (Lipinski definition) is 3. The van der Waals surface area contributed by atoms with Crippen molar-refractivity contribution in [2.45, 2.75) is 35.6 Å². The number of aryl methyl sites for hydroxylation is 1. The molecule has 0 radical (unpaired) electrons. The second-order valence-corrected chi connectivity index (χ2v) is 8.01. The fourth-order valence-electron chi connectivity index (χ4n) is 3.93. The highest BCUT2D eigenvalue weighted by molar-refractivity contribution is 7.99. The zero-order valence-corrected chi connectivity index (χ0v) is 15.5. The minimum atomic E-state index is 0.511. The molecule has 0 N–H and O–H groups in total. The van der Waals surface area contributed by atoms with Crippen molar-refractivity contribution in [2.24, 2.45) is 0 Å². The third kappa shape index (κ3) is 3.01. The first-order valence-electron chi connectivity index (χ1n) is 9.06. The zero-order valence-electron chi connectivity index (χ0n) is 14.7. The van der Waals surface area contributed by atoms with Gasteiger partial charge in [0.2, 0.25) is 0 Å². The summed E-state index contributed by atoms with van der Waals surface area (Å²) in [4.78, 5) is 8.10. The molecule has 1 saturated heterocycles. The Morgan fingerprint density at radius 2 is 1.79 bits per heavy atom. The molecule has 2 aromatic carbocycles. The van der Waals surface area contributed by atoms with E-state index in [0.29, 0.717) is 6.04 Å². The number of piperazine rings is 1. The number of likely N-dealkylation sites (N-methyl/N-ethyl adjacent to an activating group) is 1. The number of hydrogen-bond donors (Lipinski definition) is 0. The first kappa shape index (κ1) is 16.2. The Bertz CT molecular complexity index is 720. The van der Waals surface area contributed by atoms with Gasteiger partial charge in [-0.05, 0) is 42.6 Å². The molecule has 0 spiro atoms. The maximum Gasteiger partial charge on any atom is 0.0401 e. The van der Waals surface area contributed by atoms with E-state index in [1.165, 1.54) is 47.1 Å². The molecule has 0 unspecified atom stereocenters. The van der Waals surface area contributed by atoms with Gasteiger partial charge in [0.25, 0.3) is 0 Å². The van der Waals surface area contributed by atoms with Gasteiger partial charge in [-0.2, -0.15) is 0 Å². The van der Waals surface area contributed by atoms with Gasteiger partial charge in [-0.25, -0.2) is 0 Å². The Balaban J connectivity index is 1.79. The summed E-state index contributed by atoms with van der Waals surface area (Å²) in [5.74, 6) is 0. The van der Waals surface area contributed by atoms with Crippen LogP contribution in [0.1, 0.15) is 29.7 Å². The van der Waals surface area contributed by atoms with Gasteiger partial charge in [-0.1, -0.05) is 55.1 Å². The summed E-state index contributed by atoms with van der Waals surface area (Å²) in [6.07, 6.45) is 2.24. The minimum Gasteiger partial charge on any atom is -0.304 e. The highest BCUT2D eigenvalue weighted by Gasteiger charge is 2.29. The predicted octanol–water partition coefficient (Wildman–Crippen LogP) is 4.24. The van der Waals surface area contributed by atoms with Gasteiger partial charge >= 0.3 is 0 Å². The molecule has 2 aliphatic rings. The van der Waals surface area contributed by atoms with Crippen molar-refractivity contribution < 1.29 is 0 Å². The van der Waals surface area contributed by atoms with E-state index in [-0.39, 0.29) is 0 Å². The predicted molar refractivity (Wildman–Crippen MR) is 102 cm³/mol. The SMILES string of the molecule is CCc1cccc2c1Sc1ccccc1C[C@@H]2N1CCN(C)CC1. The first-order valence-corrected chi connectivity index (χ1v) is 9.88. The van der Waals surface area contributed by atoms with Crippen molar-refractivity contribution in [3.8, 4) is 0 Å². The van der Waals surface area contributed by atoms with Crippen LogP contribution in [0.5, 0.6) is 0 Å². The lowest BCUT2D eigenvalue weighted by atomic mass is 9.95. The van der Waals surface area contributed by atoms with Crippen molar-refractivity contribution in [3.63, 3.8) is 0 Å². The zero-order chi connectivity index (χ0) is 16.5. The van der Waals surface area contributed by atoms with Crippen molar-refractivity contribution in [1.29, 1.82) is 0 Å². The van der Waals surface area contributed by atoms with E-state index >= 15 is 0 Å². The molecule has 24 heavy (non-hydrogen) atoms. The summed E-state index contributed by atoms with van der Waals surface area (Å²) in [5.41, 5.74) is 4.54. The lowest BCUT2D eigenvalue weighted by Crippen LogP contribution is -2.46. The highest BCUT2D eigenvalue weighted by Crippen LogP contribution is 2.44. The molecule has 4 rings (SSSR count). The fourth-order valence-corrected chi connectivity index (χ4v) is 5.24. The number of benzene rings is 2. The lowest BCUT2D eigenvalue weighted by Gasteiger charge is -2.38. The summed E-state index contributed by atoms with van der Waals surface area (Å²) in [5, 5.41) is 0. The molecule has 2 aliphatic heterocycles. The summed E-state index contributed by atoms with van der Waals surface area (Å²) in [6.45, 7) is 6.97. The van der Waals surface area contributed by atoms with Crippen LogP contribution in [0.3, 0.4) is 0 Å². The number of rotatable bonds is 2. The molecule has 1 atom stereocenters. The quantitative estimate of drug-likeness (QED) is 0.808. The third-order valence-corrected chi connectivity index (χ3v) is 6.76. The van der Waals surface area contributed by atoms with E-state index in [2.05, 4.69) is 66.2 Å². The Labute approximate surface area is 149 Å². The molecule has 2 nitrogen and oxygen atoms in total.